The molecular formula is C16H27NO3. The van der Waals surface area contributed by atoms with Crippen molar-refractivity contribution in [2.24, 2.45) is 11.7 Å². The summed E-state index contributed by atoms with van der Waals surface area (Å²) in [6.07, 6.45) is -0.122. The zero-order chi connectivity index (χ0) is 15.0. The second-order valence-electron chi connectivity index (χ2n) is 5.39. The van der Waals surface area contributed by atoms with Gasteiger partial charge in [-0.25, -0.2) is 0 Å². The minimum Gasteiger partial charge on any atom is -0.497 e. The average Bonchev–Trinajstić information content (AvgIpc) is 2.42. The summed E-state index contributed by atoms with van der Waals surface area (Å²) in [6, 6.07) is 7.74. The van der Waals surface area contributed by atoms with Crippen molar-refractivity contribution >= 4 is 0 Å². The van der Waals surface area contributed by atoms with Gasteiger partial charge < -0.3 is 19.9 Å². The fourth-order valence-electron chi connectivity index (χ4n) is 1.90. The highest BCUT2D eigenvalue weighted by molar-refractivity contribution is 5.29. The van der Waals surface area contributed by atoms with Crippen molar-refractivity contribution in [1.82, 2.24) is 0 Å². The van der Waals surface area contributed by atoms with E-state index in [9.17, 15) is 0 Å². The minimum absolute atomic E-state index is 0.0755. The maximum absolute atomic E-state index is 6.01. The van der Waals surface area contributed by atoms with Crippen molar-refractivity contribution in [2.45, 2.75) is 32.9 Å². The highest BCUT2D eigenvalue weighted by Crippen LogP contribution is 2.22. The average molecular weight is 281 g/mol. The molecule has 0 amide bonds. The van der Waals surface area contributed by atoms with Crippen LogP contribution < -0.4 is 10.5 Å². The highest BCUT2D eigenvalue weighted by atomic mass is 16.5. The van der Waals surface area contributed by atoms with Crippen LogP contribution in [0.25, 0.3) is 0 Å². The number of ether oxygens (including phenoxy) is 3. The van der Waals surface area contributed by atoms with E-state index in [0.717, 1.165) is 17.9 Å². The lowest BCUT2D eigenvalue weighted by Gasteiger charge is -2.22. The van der Waals surface area contributed by atoms with Gasteiger partial charge in [-0.1, -0.05) is 26.0 Å². The molecule has 1 rings (SSSR count). The standard InChI is InChI=1S/C16H27NO3/c1-12(2)11-19-9-10-20-16(13(3)17)14-5-7-15(18-4)8-6-14/h5-8,12-13,16H,9-11,17H2,1-4H3. The molecule has 114 valence electrons. The maximum atomic E-state index is 6.01. The lowest BCUT2D eigenvalue weighted by atomic mass is 10.0. The number of benzene rings is 1. The van der Waals surface area contributed by atoms with E-state index in [0.29, 0.717) is 19.1 Å². The summed E-state index contributed by atoms with van der Waals surface area (Å²) in [7, 11) is 1.65. The first-order chi connectivity index (χ1) is 9.54. The van der Waals surface area contributed by atoms with E-state index in [2.05, 4.69) is 13.8 Å². The van der Waals surface area contributed by atoms with E-state index in [4.69, 9.17) is 19.9 Å². The number of hydrogen-bond donors (Lipinski definition) is 1. The smallest absolute Gasteiger partial charge is 0.118 e. The van der Waals surface area contributed by atoms with Crippen molar-refractivity contribution in [3.05, 3.63) is 29.8 Å². The molecule has 1 aromatic carbocycles. The summed E-state index contributed by atoms with van der Waals surface area (Å²) >= 11 is 0. The molecule has 20 heavy (non-hydrogen) atoms. The highest BCUT2D eigenvalue weighted by Gasteiger charge is 2.16. The molecule has 0 heterocycles. The Morgan fingerprint density at radius 1 is 1.05 bits per heavy atom. The molecule has 4 nitrogen and oxygen atoms in total. The summed E-state index contributed by atoms with van der Waals surface area (Å²) in [5.74, 6) is 1.37. The summed E-state index contributed by atoms with van der Waals surface area (Å²) in [6.45, 7) is 8.10. The van der Waals surface area contributed by atoms with Crippen molar-refractivity contribution < 1.29 is 14.2 Å². The van der Waals surface area contributed by atoms with Crippen LogP contribution in [0.2, 0.25) is 0 Å². The van der Waals surface area contributed by atoms with E-state index in [1.165, 1.54) is 0 Å². The molecule has 0 fully saturated rings. The summed E-state index contributed by atoms with van der Waals surface area (Å²) in [5.41, 5.74) is 7.07. The van der Waals surface area contributed by atoms with Crippen molar-refractivity contribution in [2.75, 3.05) is 26.9 Å². The van der Waals surface area contributed by atoms with Gasteiger partial charge in [0.2, 0.25) is 0 Å². The van der Waals surface area contributed by atoms with Crippen LogP contribution in [0.5, 0.6) is 5.75 Å². The van der Waals surface area contributed by atoms with Gasteiger partial charge in [-0.15, -0.1) is 0 Å². The molecule has 2 unspecified atom stereocenters. The minimum atomic E-state index is -0.122. The first-order valence-electron chi connectivity index (χ1n) is 7.13. The van der Waals surface area contributed by atoms with Gasteiger partial charge in [0.15, 0.2) is 0 Å². The van der Waals surface area contributed by atoms with Crippen LogP contribution in [-0.2, 0) is 9.47 Å². The van der Waals surface area contributed by atoms with Crippen molar-refractivity contribution in [3.8, 4) is 5.75 Å². The predicted octanol–water partition coefficient (Wildman–Crippen LogP) is 2.77. The Hall–Kier alpha value is -1.10. The summed E-state index contributed by atoms with van der Waals surface area (Å²) in [4.78, 5) is 0. The molecule has 0 bridgehead atoms. The maximum Gasteiger partial charge on any atom is 0.118 e. The van der Waals surface area contributed by atoms with Gasteiger partial charge in [0, 0.05) is 12.6 Å². The second-order valence-corrected chi connectivity index (χ2v) is 5.39. The van der Waals surface area contributed by atoms with E-state index in [-0.39, 0.29) is 12.1 Å². The lowest BCUT2D eigenvalue weighted by Crippen LogP contribution is -2.28. The Balaban J connectivity index is 2.47. The molecule has 0 saturated heterocycles. The van der Waals surface area contributed by atoms with Crippen LogP contribution in [0.1, 0.15) is 32.4 Å². The molecule has 4 heteroatoms. The second kappa shape index (κ2) is 8.95. The third kappa shape index (κ3) is 5.90. The Kier molecular flexibility index (Phi) is 7.59. The Morgan fingerprint density at radius 2 is 1.70 bits per heavy atom. The molecule has 0 aromatic heterocycles. The van der Waals surface area contributed by atoms with Crippen LogP contribution in [-0.4, -0.2) is 33.0 Å². The molecule has 0 spiro atoms. The van der Waals surface area contributed by atoms with Gasteiger partial charge in [0.1, 0.15) is 5.75 Å². The molecule has 0 aliphatic heterocycles. The van der Waals surface area contributed by atoms with Crippen LogP contribution in [0.3, 0.4) is 0 Å². The molecule has 0 radical (unpaired) electrons. The monoisotopic (exact) mass is 281 g/mol. The Morgan fingerprint density at radius 3 is 2.20 bits per heavy atom. The number of nitrogens with two attached hydrogens (primary N) is 1. The van der Waals surface area contributed by atoms with Crippen molar-refractivity contribution in [1.29, 1.82) is 0 Å². The fourth-order valence-corrected chi connectivity index (χ4v) is 1.90. The molecule has 0 aliphatic rings. The quantitative estimate of drug-likeness (QED) is 0.707. The predicted molar refractivity (Wildman–Crippen MR) is 81.0 cm³/mol. The van der Waals surface area contributed by atoms with E-state index < -0.39 is 0 Å². The zero-order valence-corrected chi connectivity index (χ0v) is 13.0. The first kappa shape index (κ1) is 17.0. The molecule has 0 aliphatic carbocycles. The van der Waals surface area contributed by atoms with Gasteiger partial charge in [-0.3, -0.25) is 0 Å². The molecular weight excluding hydrogens is 254 g/mol. The van der Waals surface area contributed by atoms with E-state index >= 15 is 0 Å². The normalized spacial score (nSPS) is 14.3. The Bertz CT molecular complexity index is 362. The van der Waals surface area contributed by atoms with Gasteiger partial charge in [0.25, 0.3) is 0 Å². The van der Waals surface area contributed by atoms with Gasteiger partial charge >= 0.3 is 0 Å². The van der Waals surface area contributed by atoms with E-state index in [1.54, 1.807) is 7.11 Å². The lowest BCUT2D eigenvalue weighted by molar-refractivity contribution is -0.00959. The summed E-state index contributed by atoms with van der Waals surface area (Å²) in [5, 5.41) is 0. The van der Waals surface area contributed by atoms with Crippen molar-refractivity contribution in [3.63, 3.8) is 0 Å². The molecule has 2 N–H and O–H groups in total. The van der Waals surface area contributed by atoms with Gasteiger partial charge in [-0.05, 0) is 30.5 Å². The van der Waals surface area contributed by atoms with Crippen LogP contribution >= 0.6 is 0 Å². The zero-order valence-electron chi connectivity index (χ0n) is 13.0. The van der Waals surface area contributed by atoms with Crippen LogP contribution in [0.4, 0.5) is 0 Å². The number of rotatable bonds is 9. The Labute approximate surface area is 122 Å². The number of methoxy groups -OCH3 is 1. The third-order valence-electron chi connectivity index (χ3n) is 2.90. The largest absolute Gasteiger partial charge is 0.497 e. The first-order valence-corrected chi connectivity index (χ1v) is 7.13. The van der Waals surface area contributed by atoms with Gasteiger partial charge in [0.05, 0.1) is 26.4 Å². The van der Waals surface area contributed by atoms with Gasteiger partial charge in [-0.2, -0.15) is 0 Å². The van der Waals surface area contributed by atoms with Crippen LogP contribution in [0.15, 0.2) is 24.3 Å². The van der Waals surface area contributed by atoms with Crippen LogP contribution in [0, 0.1) is 5.92 Å². The topological polar surface area (TPSA) is 53.7 Å². The third-order valence-corrected chi connectivity index (χ3v) is 2.90. The SMILES string of the molecule is COc1ccc(C(OCCOCC(C)C)C(C)N)cc1. The molecule has 1 aromatic rings. The molecule has 0 saturated carbocycles. The molecule has 2 atom stereocenters. The fraction of sp³-hybridized carbons (Fsp3) is 0.625. The number of hydrogen-bond acceptors (Lipinski definition) is 4. The summed E-state index contributed by atoms with van der Waals surface area (Å²) < 4.78 is 16.5. The van der Waals surface area contributed by atoms with E-state index in [1.807, 2.05) is 31.2 Å².